The minimum atomic E-state index is -0.458. The van der Waals surface area contributed by atoms with Crippen LogP contribution in [0.4, 0.5) is 11.4 Å². The standard InChI is InChI=1S/C19H19N3O4/c1-20(12-14-5-3-2-4-6-14)19(24)13-21-17-9-8-16(22(25)26)11-15(17)7-10-18(21)23/h2-6,8-9,11H,7,10,12-13H2,1H3. The van der Waals surface area contributed by atoms with Gasteiger partial charge in [0.25, 0.3) is 5.69 Å². The fourth-order valence-electron chi connectivity index (χ4n) is 3.03. The van der Waals surface area contributed by atoms with Crippen LogP contribution in [0.25, 0.3) is 0 Å². The molecule has 0 aliphatic carbocycles. The molecule has 0 spiro atoms. The summed E-state index contributed by atoms with van der Waals surface area (Å²) in [7, 11) is 1.69. The van der Waals surface area contributed by atoms with Crippen molar-refractivity contribution in [2.45, 2.75) is 19.4 Å². The van der Waals surface area contributed by atoms with E-state index in [2.05, 4.69) is 0 Å². The fraction of sp³-hybridized carbons (Fsp3) is 0.263. The molecular weight excluding hydrogens is 334 g/mol. The number of benzene rings is 2. The van der Waals surface area contributed by atoms with E-state index in [1.54, 1.807) is 18.0 Å². The summed E-state index contributed by atoms with van der Waals surface area (Å²) in [6.07, 6.45) is 0.685. The molecule has 2 aromatic rings. The lowest BCUT2D eigenvalue weighted by Gasteiger charge is -2.30. The number of amides is 2. The molecule has 2 aromatic carbocycles. The second kappa shape index (κ2) is 7.35. The zero-order valence-electron chi connectivity index (χ0n) is 14.4. The lowest BCUT2D eigenvalue weighted by atomic mass is 10.0. The van der Waals surface area contributed by atoms with Crippen LogP contribution < -0.4 is 4.90 Å². The number of carbonyl (C=O) groups excluding carboxylic acids is 2. The van der Waals surface area contributed by atoms with Crippen LogP contribution in [0.5, 0.6) is 0 Å². The first-order valence-electron chi connectivity index (χ1n) is 8.31. The van der Waals surface area contributed by atoms with Gasteiger partial charge in [-0.25, -0.2) is 0 Å². The summed E-state index contributed by atoms with van der Waals surface area (Å²) in [6.45, 7) is 0.377. The molecule has 0 radical (unpaired) electrons. The molecule has 3 rings (SSSR count). The van der Waals surface area contributed by atoms with Gasteiger partial charge in [0.1, 0.15) is 6.54 Å². The first kappa shape index (κ1) is 17.6. The number of nitro groups is 1. The van der Waals surface area contributed by atoms with Gasteiger partial charge in [0.05, 0.1) is 4.92 Å². The summed E-state index contributed by atoms with van der Waals surface area (Å²) in [4.78, 5) is 38.4. The van der Waals surface area contributed by atoms with Gasteiger partial charge in [-0.2, -0.15) is 0 Å². The van der Waals surface area contributed by atoms with Crippen LogP contribution >= 0.6 is 0 Å². The maximum Gasteiger partial charge on any atom is 0.269 e. The van der Waals surface area contributed by atoms with Crippen molar-refractivity contribution in [3.05, 3.63) is 69.8 Å². The monoisotopic (exact) mass is 353 g/mol. The predicted molar refractivity (Wildman–Crippen MR) is 96.7 cm³/mol. The van der Waals surface area contributed by atoms with E-state index in [-0.39, 0.29) is 30.5 Å². The van der Waals surface area contributed by atoms with E-state index in [0.717, 1.165) is 11.1 Å². The Morgan fingerprint density at radius 1 is 1.19 bits per heavy atom. The maximum absolute atomic E-state index is 12.6. The Labute approximate surface area is 151 Å². The molecule has 0 N–H and O–H groups in total. The van der Waals surface area contributed by atoms with Crippen LogP contribution in [-0.2, 0) is 22.6 Å². The quantitative estimate of drug-likeness (QED) is 0.611. The van der Waals surface area contributed by atoms with Crippen molar-refractivity contribution in [2.24, 2.45) is 0 Å². The second-order valence-electron chi connectivity index (χ2n) is 6.29. The van der Waals surface area contributed by atoms with Gasteiger partial charge in [0.15, 0.2) is 0 Å². The van der Waals surface area contributed by atoms with Gasteiger partial charge < -0.3 is 9.80 Å². The van der Waals surface area contributed by atoms with E-state index < -0.39 is 4.92 Å². The Balaban J connectivity index is 1.76. The highest BCUT2D eigenvalue weighted by molar-refractivity contribution is 6.01. The number of carbonyl (C=O) groups is 2. The minimum Gasteiger partial charge on any atom is -0.340 e. The Morgan fingerprint density at radius 2 is 1.92 bits per heavy atom. The number of nitro benzene ring substituents is 1. The number of aryl methyl sites for hydroxylation is 1. The largest absolute Gasteiger partial charge is 0.340 e. The third kappa shape index (κ3) is 3.72. The zero-order chi connectivity index (χ0) is 18.7. The molecule has 0 atom stereocenters. The molecule has 0 bridgehead atoms. The van der Waals surface area contributed by atoms with Crippen molar-refractivity contribution in [1.29, 1.82) is 0 Å². The van der Waals surface area contributed by atoms with Crippen molar-refractivity contribution in [2.75, 3.05) is 18.5 Å². The molecule has 0 unspecified atom stereocenters. The fourth-order valence-corrected chi connectivity index (χ4v) is 3.03. The topological polar surface area (TPSA) is 83.8 Å². The highest BCUT2D eigenvalue weighted by Crippen LogP contribution is 2.31. The molecule has 0 saturated heterocycles. The van der Waals surface area contributed by atoms with Crippen molar-refractivity contribution in [3.63, 3.8) is 0 Å². The number of likely N-dealkylation sites (N-methyl/N-ethyl adjacent to an activating group) is 1. The molecule has 26 heavy (non-hydrogen) atoms. The zero-order valence-corrected chi connectivity index (χ0v) is 14.4. The number of rotatable bonds is 5. The van der Waals surface area contributed by atoms with Crippen LogP contribution in [0.3, 0.4) is 0 Å². The number of nitrogens with zero attached hydrogens (tertiary/aromatic N) is 3. The molecule has 1 aliphatic heterocycles. The molecule has 0 aromatic heterocycles. The maximum atomic E-state index is 12.6. The molecule has 2 amide bonds. The van der Waals surface area contributed by atoms with Crippen molar-refractivity contribution in [3.8, 4) is 0 Å². The van der Waals surface area contributed by atoms with Gasteiger partial charge in [-0.05, 0) is 23.6 Å². The summed E-state index contributed by atoms with van der Waals surface area (Å²) < 4.78 is 0. The summed E-state index contributed by atoms with van der Waals surface area (Å²) in [5.41, 5.74) is 2.29. The SMILES string of the molecule is CN(Cc1ccccc1)C(=O)CN1C(=O)CCc2cc([N+](=O)[O-])ccc21. The van der Waals surface area contributed by atoms with Crippen molar-refractivity contribution in [1.82, 2.24) is 4.90 Å². The van der Waals surface area contributed by atoms with Crippen LogP contribution in [0.2, 0.25) is 0 Å². The third-order valence-corrected chi connectivity index (χ3v) is 4.46. The van der Waals surface area contributed by atoms with Gasteiger partial charge in [-0.1, -0.05) is 30.3 Å². The number of non-ortho nitro benzene ring substituents is 1. The Hall–Kier alpha value is -3.22. The van der Waals surface area contributed by atoms with E-state index in [4.69, 9.17) is 0 Å². The smallest absolute Gasteiger partial charge is 0.269 e. The normalized spacial score (nSPS) is 13.3. The Morgan fingerprint density at radius 3 is 2.62 bits per heavy atom. The first-order valence-corrected chi connectivity index (χ1v) is 8.31. The average Bonchev–Trinajstić information content (AvgIpc) is 2.64. The number of fused-ring (bicyclic) bond motifs is 1. The van der Waals surface area contributed by atoms with E-state index >= 15 is 0 Å². The lowest BCUT2D eigenvalue weighted by Crippen LogP contribution is -2.43. The van der Waals surface area contributed by atoms with E-state index in [0.29, 0.717) is 18.7 Å². The minimum absolute atomic E-state index is 0.00873. The van der Waals surface area contributed by atoms with Gasteiger partial charge in [-0.15, -0.1) is 0 Å². The highest BCUT2D eigenvalue weighted by atomic mass is 16.6. The van der Waals surface area contributed by atoms with Gasteiger partial charge in [-0.3, -0.25) is 19.7 Å². The number of anilines is 1. The molecule has 1 heterocycles. The third-order valence-electron chi connectivity index (χ3n) is 4.46. The first-order chi connectivity index (χ1) is 12.5. The summed E-state index contributed by atoms with van der Waals surface area (Å²) in [5, 5.41) is 10.9. The molecule has 134 valence electrons. The van der Waals surface area contributed by atoms with Gasteiger partial charge in [0, 0.05) is 37.8 Å². The molecule has 7 nitrogen and oxygen atoms in total. The lowest BCUT2D eigenvalue weighted by molar-refractivity contribution is -0.384. The highest BCUT2D eigenvalue weighted by Gasteiger charge is 2.28. The summed E-state index contributed by atoms with van der Waals surface area (Å²) >= 11 is 0. The summed E-state index contributed by atoms with van der Waals surface area (Å²) in [6, 6.07) is 14.0. The van der Waals surface area contributed by atoms with E-state index in [1.807, 2.05) is 30.3 Å². The number of hydrogen-bond donors (Lipinski definition) is 0. The summed E-state index contributed by atoms with van der Waals surface area (Å²) in [5.74, 6) is -0.332. The second-order valence-corrected chi connectivity index (χ2v) is 6.29. The van der Waals surface area contributed by atoms with Crippen LogP contribution in [0.15, 0.2) is 48.5 Å². The molecule has 0 fully saturated rings. The molecule has 0 saturated carbocycles. The molecule has 7 heteroatoms. The number of hydrogen-bond acceptors (Lipinski definition) is 4. The molecular formula is C19H19N3O4. The Kier molecular flexibility index (Phi) is 4.97. The van der Waals surface area contributed by atoms with Gasteiger partial charge >= 0.3 is 0 Å². The predicted octanol–water partition coefficient (Wildman–Crippen LogP) is 2.53. The van der Waals surface area contributed by atoms with Crippen LogP contribution in [-0.4, -0.2) is 35.2 Å². The van der Waals surface area contributed by atoms with Crippen LogP contribution in [0, 0.1) is 10.1 Å². The Bertz CT molecular complexity index is 851. The van der Waals surface area contributed by atoms with Gasteiger partial charge in [0.2, 0.25) is 11.8 Å². The van der Waals surface area contributed by atoms with E-state index in [1.165, 1.54) is 17.0 Å². The van der Waals surface area contributed by atoms with Crippen LogP contribution in [0.1, 0.15) is 17.5 Å². The average molecular weight is 353 g/mol. The van der Waals surface area contributed by atoms with Crippen molar-refractivity contribution >= 4 is 23.2 Å². The van der Waals surface area contributed by atoms with E-state index in [9.17, 15) is 19.7 Å². The molecule has 1 aliphatic rings. The van der Waals surface area contributed by atoms with Crippen molar-refractivity contribution < 1.29 is 14.5 Å².